The van der Waals surface area contributed by atoms with Gasteiger partial charge in [0.15, 0.2) is 0 Å². The smallest absolute Gasteiger partial charge is 0.412 e. The molecule has 0 aliphatic carbocycles. The van der Waals surface area contributed by atoms with E-state index in [2.05, 4.69) is 22.3 Å². The summed E-state index contributed by atoms with van der Waals surface area (Å²) in [6.07, 6.45) is 1.04. The molecule has 45 heavy (non-hydrogen) atoms. The molecule has 3 heterocycles. The third-order valence-corrected chi connectivity index (χ3v) is 7.66. The van der Waals surface area contributed by atoms with Crippen LogP contribution < -0.4 is 24.4 Å². The number of benzene rings is 3. The summed E-state index contributed by atoms with van der Waals surface area (Å²) in [5, 5.41) is 2.84. The number of anilines is 2. The number of aromatic nitrogens is 1. The van der Waals surface area contributed by atoms with E-state index < -0.39 is 11.7 Å². The molecule has 0 atom stereocenters. The monoisotopic (exact) mass is 609 g/mol. The number of carbonyl (C=O) groups excluding carboxylic acids is 1. The van der Waals surface area contributed by atoms with Crippen LogP contribution in [-0.2, 0) is 28.9 Å². The van der Waals surface area contributed by atoms with E-state index in [-0.39, 0.29) is 0 Å². The van der Waals surface area contributed by atoms with Gasteiger partial charge in [-0.2, -0.15) is 0 Å². The quantitative estimate of drug-likeness (QED) is 0.232. The lowest BCUT2D eigenvalue weighted by Gasteiger charge is -2.29. The lowest BCUT2D eigenvalue weighted by molar-refractivity contribution is 0.0636. The molecule has 1 saturated heterocycles. The van der Waals surface area contributed by atoms with Crippen molar-refractivity contribution in [1.29, 1.82) is 0 Å². The van der Waals surface area contributed by atoms with Gasteiger partial charge >= 0.3 is 6.09 Å². The Morgan fingerprint density at radius 3 is 2.49 bits per heavy atom. The van der Waals surface area contributed by atoms with Crippen LogP contribution in [0.1, 0.15) is 37.5 Å². The van der Waals surface area contributed by atoms with Crippen molar-refractivity contribution in [2.24, 2.45) is 0 Å². The molecule has 1 aromatic heterocycles. The third kappa shape index (κ3) is 7.49. The number of ether oxygens (including phenoxy) is 5. The number of nitrogens with zero attached hydrogens (tertiary/aromatic N) is 2. The number of fused-ring (bicyclic) bond motifs is 2. The highest BCUT2D eigenvalue weighted by atomic mass is 16.6. The molecule has 1 N–H and O–H groups in total. The van der Waals surface area contributed by atoms with Crippen molar-refractivity contribution in [2.45, 2.75) is 45.8 Å². The molecule has 9 heteroatoms. The van der Waals surface area contributed by atoms with Crippen molar-refractivity contribution >= 4 is 17.5 Å². The van der Waals surface area contributed by atoms with Crippen LogP contribution in [0.2, 0.25) is 0 Å². The molecule has 6 rings (SSSR count). The highest BCUT2D eigenvalue weighted by molar-refractivity contribution is 5.85. The van der Waals surface area contributed by atoms with E-state index in [1.54, 1.807) is 7.11 Å². The van der Waals surface area contributed by atoms with Crippen LogP contribution in [0.5, 0.6) is 23.1 Å². The Bertz CT molecular complexity index is 1660. The molecular weight excluding hydrogens is 570 g/mol. The maximum Gasteiger partial charge on any atom is 0.412 e. The molecule has 0 spiro atoms. The second kappa shape index (κ2) is 13.1. The molecule has 0 bridgehead atoms. The summed E-state index contributed by atoms with van der Waals surface area (Å²) in [6.45, 7) is 8.82. The molecule has 9 nitrogen and oxygen atoms in total. The average molecular weight is 610 g/mol. The Balaban J connectivity index is 1.30. The van der Waals surface area contributed by atoms with Gasteiger partial charge in [0, 0.05) is 36.1 Å². The number of methoxy groups -OCH3 is 1. The van der Waals surface area contributed by atoms with E-state index in [9.17, 15) is 4.79 Å². The summed E-state index contributed by atoms with van der Waals surface area (Å²) in [4.78, 5) is 19.6. The van der Waals surface area contributed by atoms with Crippen LogP contribution in [0.3, 0.4) is 0 Å². The van der Waals surface area contributed by atoms with Gasteiger partial charge in [-0.1, -0.05) is 24.3 Å². The fraction of sp³-hybridized carbons (Fsp3) is 0.333. The van der Waals surface area contributed by atoms with Crippen LogP contribution >= 0.6 is 0 Å². The Morgan fingerprint density at radius 2 is 1.73 bits per heavy atom. The summed E-state index contributed by atoms with van der Waals surface area (Å²) < 4.78 is 29.2. The number of morpholine rings is 1. The maximum absolute atomic E-state index is 12.4. The SMILES string of the molecule is COc1ccc(COc2cc(N3CCOCC3)cc(-c3cccc4c3Oc3ccc(NC(=O)OC(C)(C)C)cc3CC4)n2)cc1. The molecule has 0 saturated carbocycles. The van der Waals surface area contributed by atoms with Crippen LogP contribution in [-0.4, -0.2) is 50.1 Å². The average Bonchev–Trinajstić information content (AvgIpc) is 3.22. The number of nitrogens with one attached hydrogen (secondary N) is 1. The maximum atomic E-state index is 12.4. The first-order chi connectivity index (χ1) is 21.7. The van der Waals surface area contributed by atoms with Gasteiger partial charge in [0.1, 0.15) is 29.5 Å². The zero-order chi connectivity index (χ0) is 31.4. The van der Waals surface area contributed by atoms with Gasteiger partial charge in [0.25, 0.3) is 0 Å². The van der Waals surface area contributed by atoms with E-state index in [0.717, 1.165) is 76.8 Å². The topological polar surface area (TPSA) is 91.4 Å². The van der Waals surface area contributed by atoms with Crippen molar-refractivity contribution in [3.63, 3.8) is 0 Å². The molecule has 1 fully saturated rings. The fourth-order valence-corrected chi connectivity index (χ4v) is 5.44. The largest absolute Gasteiger partial charge is 0.497 e. The Labute approximate surface area is 264 Å². The molecule has 4 aromatic rings. The van der Waals surface area contributed by atoms with E-state index >= 15 is 0 Å². The fourth-order valence-electron chi connectivity index (χ4n) is 5.44. The molecule has 2 aliphatic heterocycles. The second-order valence-corrected chi connectivity index (χ2v) is 12.1. The van der Waals surface area contributed by atoms with Gasteiger partial charge in [-0.05, 0) is 92.8 Å². The first kappa shape index (κ1) is 30.3. The molecular formula is C36H39N3O6. The van der Waals surface area contributed by atoms with Crippen molar-refractivity contribution in [3.8, 4) is 34.4 Å². The number of hydrogen-bond acceptors (Lipinski definition) is 8. The van der Waals surface area contributed by atoms with Gasteiger partial charge in [-0.15, -0.1) is 0 Å². The molecule has 0 unspecified atom stereocenters. The summed E-state index contributed by atoms with van der Waals surface area (Å²) in [6, 6.07) is 23.8. The lowest BCUT2D eigenvalue weighted by Crippen LogP contribution is -2.36. The van der Waals surface area contributed by atoms with Crippen molar-refractivity contribution < 1.29 is 28.5 Å². The Hall–Kier alpha value is -4.76. The second-order valence-electron chi connectivity index (χ2n) is 12.1. The highest BCUT2D eigenvalue weighted by Crippen LogP contribution is 2.42. The van der Waals surface area contributed by atoms with E-state index in [0.29, 0.717) is 31.4 Å². The van der Waals surface area contributed by atoms with Gasteiger partial charge in [-0.25, -0.2) is 9.78 Å². The molecule has 3 aromatic carbocycles. The summed E-state index contributed by atoms with van der Waals surface area (Å²) >= 11 is 0. The molecule has 2 aliphatic rings. The summed E-state index contributed by atoms with van der Waals surface area (Å²) in [5.41, 5.74) is 5.88. The van der Waals surface area contributed by atoms with Gasteiger partial charge in [0.2, 0.25) is 5.88 Å². The van der Waals surface area contributed by atoms with Crippen LogP contribution in [0.4, 0.5) is 16.2 Å². The summed E-state index contributed by atoms with van der Waals surface area (Å²) in [7, 11) is 1.65. The summed E-state index contributed by atoms with van der Waals surface area (Å²) in [5.74, 6) is 2.86. The van der Waals surface area contributed by atoms with Gasteiger partial charge < -0.3 is 28.6 Å². The first-order valence-corrected chi connectivity index (χ1v) is 15.3. The number of amides is 1. The van der Waals surface area contributed by atoms with E-state index in [1.807, 2.05) is 81.4 Å². The number of para-hydroxylation sites is 1. The van der Waals surface area contributed by atoms with E-state index in [4.69, 9.17) is 28.7 Å². The minimum atomic E-state index is -0.579. The Morgan fingerprint density at radius 1 is 0.956 bits per heavy atom. The third-order valence-electron chi connectivity index (χ3n) is 7.66. The van der Waals surface area contributed by atoms with Gasteiger partial charge in [-0.3, -0.25) is 5.32 Å². The molecule has 0 radical (unpaired) electrons. The number of pyridine rings is 1. The lowest BCUT2D eigenvalue weighted by atomic mass is 10.0. The van der Waals surface area contributed by atoms with Crippen LogP contribution in [0.25, 0.3) is 11.3 Å². The van der Waals surface area contributed by atoms with Crippen molar-refractivity contribution in [3.05, 3.63) is 89.5 Å². The zero-order valence-corrected chi connectivity index (χ0v) is 26.2. The van der Waals surface area contributed by atoms with E-state index in [1.165, 1.54) is 0 Å². The number of hydrogen-bond donors (Lipinski definition) is 1. The molecule has 1 amide bonds. The minimum absolute atomic E-state index is 0.374. The van der Waals surface area contributed by atoms with Gasteiger partial charge in [0.05, 0.1) is 26.0 Å². The highest BCUT2D eigenvalue weighted by Gasteiger charge is 2.23. The number of aryl methyl sites for hydroxylation is 2. The predicted octanol–water partition coefficient (Wildman–Crippen LogP) is 7.41. The van der Waals surface area contributed by atoms with Crippen molar-refractivity contribution in [1.82, 2.24) is 4.98 Å². The normalized spacial score (nSPS) is 14.4. The number of carbonyl (C=O) groups is 1. The van der Waals surface area contributed by atoms with Crippen LogP contribution in [0.15, 0.2) is 72.8 Å². The number of rotatable bonds is 7. The Kier molecular flexibility index (Phi) is 8.80. The molecule has 234 valence electrons. The van der Waals surface area contributed by atoms with Crippen molar-refractivity contribution in [2.75, 3.05) is 43.6 Å². The standard InChI is InChI=1S/C36H39N3O6/c1-36(2,3)45-35(40)37-27-12-15-32-26(20-27)11-10-25-6-5-7-30(34(25)44-32)31-21-28(39-16-18-42-19-17-39)22-33(38-31)43-23-24-8-13-29(41-4)14-9-24/h5-9,12-15,20-22H,10-11,16-19,23H2,1-4H3,(H,37,40). The predicted molar refractivity (Wildman–Crippen MR) is 174 cm³/mol. The minimum Gasteiger partial charge on any atom is -0.497 e. The first-order valence-electron chi connectivity index (χ1n) is 15.3. The zero-order valence-electron chi connectivity index (χ0n) is 26.2. The van der Waals surface area contributed by atoms with Crippen LogP contribution in [0, 0.1) is 0 Å².